The number of amides is 2. The summed E-state index contributed by atoms with van der Waals surface area (Å²) in [7, 11) is 0. The maximum atomic E-state index is 12.6. The average Bonchev–Trinajstić information content (AvgIpc) is 2.36. The van der Waals surface area contributed by atoms with Crippen LogP contribution in [-0.4, -0.2) is 64.8 Å². The van der Waals surface area contributed by atoms with Crippen molar-refractivity contribution >= 4 is 12.0 Å². The molecule has 0 aromatic carbocycles. The lowest BCUT2D eigenvalue weighted by Gasteiger charge is -2.42. The Labute approximate surface area is 119 Å². The maximum Gasteiger partial charge on any atom is 0.320 e. The molecule has 0 radical (unpaired) electrons. The van der Waals surface area contributed by atoms with Gasteiger partial charge >= 0.3 is 12.0 Å². The van der Waals surface area contributed by atoms with Gasteiger partial charge in [-0.2, -0.15) is 0 Å². The minimum atomic E-state index is -0.752. The third-order valence-corrected chi connectivity index (χ3v) is 4.16. The summed E-state index contributed by atoms with van der Waals surface area (Å²) in [5.41, 5.74) is 0. The van der Waals surface area contributed by atoms with E-state index in [1.807, 2.05) is 30.6 Å². The van der Waals surface area contributed by atoms with Crippen LogP contribution >= 0.6 is 0 Å². The van der Waals surface area contributed by atoms with Gasteiger partial charge in [0.1, 0.15) is 0 Å². The first-order valence-corrected chi connectivity index (χ1v) is 7.32. The van der Waals surface area contributed by atoms with Gasteiger partial charge in [0.25, 0.3) is 0 Å². The monoisotopic (exact) mass is 284 g/mol. The molecule has 6 nitrogen and oxygen atoms in total. The van der Waals surface area contributed by atoms with E-state index in [1.54, 1.807) is 0 Å². The molecule has 0 bridgehead atoms. The lowest BCUT2D eigenvalue weighted by atomic mass is 9.92. The molecule has 2 aliphatic rings. The van der Waals surface area contributed by atoms with Crippen molar-refractivity contribution in [3.8, 4) is 0 Å². The van der Waals surface area contributed by atoms with E-state index in [2.05, 4.69) is 0 Å². The number of hydrogen-bond acceptors (Lipinski definition) is 3. The third-order valence-electron chi connectivity index (χ3n) is 4.16. The number of aliphatic carboxylic acids is 1. The maximum absolute atomic E-state index is 12.6. The summed E-state index contributed by atoms with van der Waals surface area (Å²) in [4.78, 5) is 27.3. The molecular weight excluding hydrogens is 260 g/mol. The van der Waals surface area contributed by atoms with Crippen molar-refractivity contribution in [2.24, 2.45) is 5.92 Å². The number of ether oxygens (including phenoxy) is 1. The number of hydrogen-bond donors (Lipinski definition) is 1. The van der Waals surface area contributed by atoms with Crippen LogP contribution in [0, 0.1) is 5.92 Å². The summed E-state index contributed by atoms with van der Waals surface area (Å²) in [6.45, 7) is 7.60. The fourth-order valence-corrected chi connectivity index (χ4v) is 3.20. The van der Waals surface area contributed by atoms with Crippen molar-refractivity contribution in [3.63, 3.8) is 0 Å². The minimum absolute atomic E-state index is 0.0170. The van der Waals surface area contributed by atoms with Crippen molar-refractivity contribution in [3.05, 3.63) is 0 Å². The van der Waals surface area contributed by atoms with E-state index in [-0.39, 0.29) is 30.2 Å². The predicted octanol–water partition coefficient (Wildman–Crippen LogP) is 1.40. The van der Waals surface area contributed by atoms with Crippen molar-refractivity contribution in [1.82, 2.24) is 9.80 Å². The Balaban J connectivity index is 1.97. The minimum Gasteiger partial charge on any atom is -0.481 e. The molecule has 114 valence electrons. The second kappa shape index (κ2) is 5.99. The molecule has 4 unspecified atom stereocenters. The van der Waals surface area contributed by atoms with Gasteiger partial charge in [-0.1, -0.05) is 0 Å². The SMILES string of the molecule is CC1CN(C(=O)N2CCC(C(=O)O)CC2C)CC(C)O1. The topological polar surface area (TPSA) is 70.1 Å². The summed E-state index contributed by atoms with van der Waals surface area (Å²) in [5, 5.41) is 9.07. The number of piperidine rings is 1. The van der Waals surface area contributed by atoms with Gasteiger partial charge in [0, 0.05) is 25.7 Å². The van der Waals surface area contributed by atoms with Crippen molar-refractivity contribution in [2.75, 3.05) is 19.6 Å². The van der Waals surface area contributed by atoms with Gasteiger partial charge in [-0.05, 0) is 33.6 Å². The second-order valence-corrected chi connectivity index (χ2v) is 6.05. The third kappa shape index (κ3) is 3.23. The van der Waals surface area contributed by atoms with Crippen LogP contribution in [0.15, 0.2) is 0 Å². The average molecular weight is 284 g/mol. The van der Waals surface area contributed by atoms with Gasteiger partial charge in [-0.15, -0.1) is 0 Å². The lowest BCUT2D eigenvalue weighted by molar-refractivity contribution is -0.143. The normalized spacial score (nSPS) is 35.0. The molecule has 0 aromatic rings. The Bertz CT molecular complexity index is 377. The van der Waals surface area contributed by atoms with Gasteiger partial charge in [0.05, 0.1) is 18.1 Å². The highest BCUT2D eigenvalue weighted by Gasteiger charge is 2.36. The number of urea groups is 1. The number of rotatable bonds is 1. The van der Waals surface area contributed by atoms with Gasteiger partial charge in [-0.25, -0.2) is 4.79 Å². The van der Waals surface area contributed by atoms with Crippen molar-refractivity contribution in [2.45, 2.75) is 51.9 Å². The highest BCUT2D eigenvalue weighted by atomic mass is 16.5. The highest BCUT2D eigenvalue weighted by molar-refractivity contribution is 5.76. The first kappa shape index (κ1) is 15.1. The zero-order valence-corrected chi connectivity index (χ0v) is 12.4. The number of carboxylic acids is 1. The molecule has 2 amide bonds. The molecule has 20 heavy (non-hydrogen) atoms. The summed E-state index contributed by atoms with van der Waals surface area (Å²) in [5.74, 6) is -1.07. The number of likely N-dealkylation sites (tertiary alicyclic amines) is 1. The molecule has 0 saturated carbocycles. The summed E-state index contributed by atoms with van der Waals surface area (Å²) >= 11 is 0. The van der Waals surface area contributed by atoms with Crippen LogP contribution in [0.25, 0.3) is 0 Å². The highest BCUT2D eigenvalue weighted by Crippen LogP contribution is 2.25. The Morgan fingerprint density at radius 2 is 1.75 bits per heavy atom. The molecule has 0 aliphatic carbocycles. The molecule has 1 N–H and O–H groups in total. The number of carboxylic acid groups (broad SMARTS) is 1. The van der Waals surface area contributed by atoms with Crippen LogP contribution in [0.4, 0.5) is 4.79 Å². The molecule has 2 heterocycles. The number of morpholine rings is 1. The van der Waals surface area contributed by atoms with Crippen LogP contribution in [0.1, 0.15) is 33.6 Å². The quantitative estimate of drug-likeness (QED) is 0.790. The van der Waals surface area contributed by atoms with Crippen LogP contribution in [0.3, 0.4) is 0 Å². The molecule has 4 atom stereocenters. The van der Waals surface area contributed by atoms with Gasteiger partial charge in [0.2, 0.25) is 0 Å². The Morgan fingerprint density at radius 3 is 2.25 bits per heavy atom. The predicted molar refractivity (Wildman–Crippen MR) is 73.5 cm³/mol. The Hall–Kier alpha value is -1.30. The van der Waals surface area contributed by atoms with E-state index in [1.165, 1.54) is 0 Å². The van der Waals surface area contributed by atoms with Gasteiger partial charge in [-0.3, -0.25) is 4.79 Å². The van der Waals surface area contributed by atoms with Crippen LogP contribution in [0.2, 0.25) is 0 Å². The van der Waals surface area contributed by atoms with E-state index < -0.39 is 5.97 Å². The molecule has 6 heteroatoms. The van der Waals surface area contributed by atoms with E-state index in [4.69, 9.17) is 9.84 Å². The van der Waals surface area contributed by atoms with E-state index in [0.29, 0.717) is 32.5 Å². The van der Waals surface area contributed by atoms with Gasteiger partial charge < -0.3 is 19.6 Å². The van der Waals surface area contributed by atoms with Crippen LogP contribution in [0.5, 0.6) is 0 Å². The van der Waals surface area contributed by atoms with Gasteiger partial charge in [0.15, 0.2) is 0 Å². The molecule has 2 saturated heterocycles. The molecule has 2 aliphatic heterocycles. The fraction of sp³-hybridized carbons (Fsp3) is 0.857. The van der Waals surface area contributed by atoms with E-state index >= 15 is 0 Å². The number of carbonyl (C=O) groups excluding carboxylic acids is 1. The van der Waals surface area contributed by atoms with Crippen LogP contribution in [-0.2, 0) is 9.53 Å². The molecule has 2 fully saturated rings. The first-order valence-electron chi connectivity index (χ1n) is 7.32. The molecule has 0 spiro atoms. The molecule has 0 aromatic heterocycles. The number of nitrogens with zero attached hydrogens (tertiary/aromatic N) is 2. The Kier molecular flexibility index (Phi) is 4.52. The smallest absolute Gasteiger partial charge is 0.320 e. The molecular formula is C14H24N2O4. The number of carbonyl (C=O) groups is 2. The zero-order chi connectivity index (χ0) is 14.9. The van der Waals surface area contributed by atoms with E-state index in [9.17, 15) is 9.59 Å². The largest absolute Gasteiger partial charge is 0.481 e. The standard InChI is InChI=1S/C14H24N2O4/c1-9-6-12(13(17)18)4-5-16(9)14(19)15-7-10(2)20-11(3)8-15/h9-12H,4-8H2,1-3H3,(H,17,18). The Morgan fingerprint density at radius 1 is 1.15 bits per heavy atom. The lowest BCUT2D eigenvalue weighted by Crippen LogP contribution is -2.56. The zero-order valence-electron chi connectivity index (χ0n) is 12.4. The summed E-state index contributed by atoms with van der Waals surface area (Å²) in [6.07, 6.45) is 1.18. The summed E-state index contributed by atoms with van der Waals surface area (Å²) in [6, 6.07) is -0.00542. The molecule has 2 rings (SSSR count). The first-order chi connectivity index (χ1) is 9.38. The van der Waals surface area contributed by atoms with Crippen molar-refractivity contribution in [1.29, 1.82) is 0 Å². The van der Waals surface area contributed by atoms with Crippen molar-refractivity contribution < 1.29 is 19.4 Å². The van der Waals surface area contributed by atoms with Crippen LogP contribution < -0.4 is 0 Å². The second-order valence-electron chi connectivity index (χ2n) is 6.05. The fourth-order valence-electron chi connectivity index (χ4n) is 3.20. The van der Waals surface area contributed by atoms with E-state index in [0.717, 1.165) is 0 Å². The summed E-state index contributed by atoms with van der Waals surface area (Å²) < 4.78 is 5.64.